The summed E-state index contributed by atoms with van der Waals surface area (Å²) in [6.45, 7) is 1.91. The molecule has 1 amide bonds. The number of hydrogen-bond acceptors (Lipinski definition) is 4. The fourth-order valence-corrected chi connectivity index (χ4v) is 3.19. The summed E-state index contributed by atoms with van der Waals surface area (Å²) in [7, 11) is 1.51. The van der Waals surface area contributed by atoms with Gasteiger partial charge in [0.2, 0.25) is 0 Å². The smallest absolute Gasteiger partial charge is 0.259 e. The number of aromatic nitrogens is 3. The van der Waals surface area contributed by atoms with Crippen molar-refractivity contribution in [2.45, 2.75) is 6.92 Å². The van der Waals surface area contributed by atoms with E-state index in [0.717, 1.165) is 22.4 Å². The number of carbonyl (C=O) groups is 1. The van der Waals surface area contributed by atoms with E-state index in [1.54, 1.807) is 29.1 Å². The van der Waals surface area contributed by atoms with Gasteiger partial charge in [-0.15, -0.1) is 0 Å². The van der Waals surface area contributed by atoms with Crippen molar-refractivity contribution in [2.75, 3.05) is 12.4 Å². The maximum Gasteiger partial charge on any atom is 0.259 e. The fourth-order valence-electron chi connectivity index (χ4n) is 3.02. The van der Waals surface area contributed by atoms with Crippen LogP contribution in [-0.2, 0) is 0 Å². The standard InChI is InChI=1S/C21H17ClN4O2/c1-13-17-11-15(24-21(27)18-10-14(22)8-9-19(18)28-2)12-23-20(17)26(25-13)16-6-4-3-5-7-16/h3-12H,1-2H3,(H,24,27). The molecule has 0 unspecified atom stereocenters. The topological polar surface area (TPSA) is 69.0 Å². The first-order valence-corrected chi connectivity index (χ1v) is 9.00. The molecule has 2 heterocycles. The zero-order chi connectivity index (χ0) is 19.7. The minimum Gasteiger partial charge on any atom is -0.496 e. The molecule has 0 radical (unpaired) electrons. The van der Waals surface area contributed by atoms with E-state index in [1.165, 1.54) is 7.11 Å². The van der Waals surface area contributed by atoms with Crippen LogP contribution in [0.2, 0.25) is 5.02 Å². The molecule has 0 aliphatic heterocycles. The number of amides is 1. The molecule has 0 aliphatic carbocycles. The van der Waals surface area contributed by atoms with Gasteiger partial charge in [-0.3, -0.25) is 4.79 Å². The lowest BCUT2D eigenvalue weighted by molar-refractivity contribution is 0.102. The average Bonchev–Trinajstić information content (AvgIpc) is 3.05. The zero-order valence-corrected chi connectivity index (χ0v) is 16.1. The van der Waals surface area contributed by atoms with Crippen molar-refractivity contribution < 1.29 is 9.53 Å². The lowest BCUT2D eigenvalue weighted by Crippen LogP contribution is -2.13. The highest BCUT2D eigenvalue weighted by Gasteiger charge is 2.15. The molecular formula is C21H17ClN4O2. The van der Waals surface area contributed by atoms with Gasteiger partial charge in [-0.1, -0.05) is 29.8 Å². The van der Waals surface area contributed by atoms with Crippen molar-refractivity contribution >= 4 is 34.2 Å². The van der Waals surface area contributed by atoms with E-state index in [-0.39, 0.29) is 5.91 Å². The van der Waals surface area contributed by atoms with E-state index in [4.69, 9.17) is 16.3 Å². The first-order valence-electron chi connectivity index (χ1n) is 8.62. The van der Waals surface area contributed by atoms with Gasteiger partial charge in [0.1, 0.15) is 5.75 Å². The Morgan fingerprint density at radius 1 is 1.14 bits per heavy atom. The zero-order valence-electron chi connectivity index (χ0n) is 15.3. The molecule has 0 saturated carbocycles. The molecular weight excluding hydrogens is 376 g/mol. The molecule has 0 aliphatic rings. The van der Waals surface area contributed by atoms with Gasteiger partial charge in [0.15, 0.2) is 5.65 Å². The van der Waals surface area contributed by atoms with Crippen LogP contribution in [0.5, 0.6) is 5.75 Å². The normalized spacial score (nSPS) is 10.8. The summed E-state index contributed by atoms with van der Waals surface area (Å²) in [5.74, 6) is 0.123. The Kier molecular flexibility index (Phi) is 4.71. The van der Waals surface area contributed by atoms with Crippen molar-refractivity contribution in [2.24, 2.45) is 0 Å². The van der Waals surface area contributed by atoms with Crippen LogP contribution in [0.15, 0.2) is 60.8 Å². The highest BCUT2D eigenvalue weighted by Crippen LogP contribution is 2.26. The molecule has 28 heavy (non-hydrogen) atoms. The Hall–Kier alpha value is -3.38. The van der Waals surface area contributed by atoms with Gasteiger partial charge < -0.3 is 10.1 Å². The summed E-state index contributed by atoms with van der Waals surface area (Å²) in [6.07, 6.45) is 1.61. The van der Waals surface area contributed by atoms with Crippen molar-refractivity contribution in [3.05, 3.63) is 77.1 Å². The third-order valence-electron chi connectivity index (χ3n) is 4.37. The van der Waals surface area contributed by atoms with Gasteiger partial charge in [-0.2, -0.15) is 5.10 Å². The molecule has 2 aromatic heterocycles. The third kappa shape index (κ3) is 3.30. The molecule has 0 atom stereocenters. The minimum absolute atomic E-state index is 0.325. The van der Waals surface area contributed by atoms with Gasteiger partial charge in [-0.25, -0.2) is 9.67 Å². The first kappa shape index (κ1) is 18.0. The van der Waals surface area contributed by atoms with E-state index in [9.17, 15) is 4.79 Å². The fraction of sp³-hybridized carbons (Fsp3) is 0.0952. The average molecular weight is 393 g/mol. The number of nitrogens with one attached hydrogen (secondary N) is 1. The highest BCUT2D eigenvalue weighted by molar-refractivity contribution is 6.31. The van der Waals surface area contributed by atoms with Crippen LogP contribution in [-0.4, -0.2) is 27.8 Å². The van der Waals surface area contributed by atoms with Gasteiger partial charge in [-0.05, 0) is 43.3 Å². The third-order valence-corrected chi connectivity index (χ3v) is 4.61. The lowest BCUT2D eigenvalue weighted by Gasteiger charge is -2.10. The summed E-state index contributed by atoms with van der Waals surface area (Å²) >= 11 is 6.02. The predicted molar refractivity (Wildman–Crippen MR) is 110 cm³/mol. The molecule has 2 aromatic carbocycles. The number of hydrogen-bond donors (Lipinski definition) is 1. The van der Waals surface area contributed by atoms with Crippen LogP contribution in [0.3, 0.4) is 0 Å². The van der Waals surface area contributed by atoms with Crippen molar-refractivity contribution in [1.29, 1.82) is 0 Å². The molecule has 1 N–H and O–H groups in total. The molecule has 0 fully saturated rings. The molecule has 140 valence electrons. The summed E-state index contributed by atoms with van der Waals surface area (Å²) in [5.41, 5.74) is 3.39. The number of aryl methyl sites for hydroxylation is 1. The Labute approximate surface area is 166 Å². The van der Waals surface area contributed by atoms with Crippen LogP contribution in [0, 0.1) is 6.92 Å². The van der Waals surface area contributed by atoms with E-state index < -0.39 is 0 Å². The molecule has 0 saturated heterocycles. The predicted octanol–water partition coefficient (Wildman–Crippen LogP) is 4.64. The number of halogens is 1. The Balaban J connectivity index is 1.69. The van der Waals surface area contributed by atoms with Gasteiger partial charge in [0.05, 0.1) is 35.9 Å². The van der Waals surface area contributed by atoms with E-state index in [0.29, 0.717) is 22.0 Å². The number of fused-ring (bicyclic) bond motifs is 1. The second-order valence-electron chi connectivity index (χ2n) is 6.23. The number of anilines is 1. The number of methoxy groups -OCH3 is 1. The quantitative estimate of drug-likeness (QED) is 0.549. The Morgan fingerprint density at radius 3 is 2.68 bits per heavy atom. The summed E-state index contributed by atoms with van der Waals surface area (Å²) < 4.78 is 7.04. The molecule has 7 heteroatoms. The molecule has 6 nitrogen and oxygen atoms in total. The number of rotatable bonds is 4. The highest BCUT2D eigenvalue weighted by atomic mass is 35.5. The van der Waals surface area contributed by atoms with Crippen LogP contribution < -0.4 is 10.1 Å². The first-order chi connectivity index (χ1) is 13.6. The SMILES string of the molecule is COc1ccc(Cl)cc1C(=O)Nc1cnc2c(c1)c(C)nn2-c1ccccc1. The number of ether oxygens (including phenoxy) is 1. The van der Waals surface area contributed by atoms with Gasteiger partial charge in [0, 0.05) is 10.4 Å². The molecule has 0 bridgehead atoms. The van der Waals surface area contributed by atoms with E-state index in [1.807, 2.05) is 43.3 Å². The molecule has 4 aromatic rings. The molecule has 0 spiro atoms. The van der Waals surface area contributed by atoms with E-state index in [2.05, 4.69) is 15.4 Å². The van der Waals surface area contributed by atoms with Gasteiger partial charge in [0.25, 0.3) is 5.91 Å². The maximum atomic E-state index is 12.7. The second kappa shape index (κ2) is 7.32. The second-order valence-corrected chi connectivity index (χ2v) is 6.66. The number of para-hydroxylation sites is 1. The number of benzene rings is 2. The summed E-state index contributed by atoms with van der Waals surface area (Å²) in [4.78, 5) is 17.2. The molecule has 4 rings (SSSR count). The summed E-state index contributed by atoms with van der Waals surface area (Å²) in [6, 6.07) is 16.5. The number of carbonyl (C=O) groups excluding carboxylic acids is 1. The van der Waals surface area contributed by atoms with E-state index >= 15 is 0 Å². The van der Waals surface area contributed by atoms with Gasteiger partial charge >= 0.3 is 0 Å². The number of nitrogens with zero attached hydrogens (tertiary/aromatic N) is 3. The lowest BCUT2D eigenvalue weighted by atomic mass is 10.2. The monoisotopic (exact) mass is 392 g/mol. The van der Waals surface area contributed by atoms with Crippen molar-refractivity contribution in [3.63, 3.8) is 0 Å². The summed E-state index contributed by atoms with van der Waals surface area (Å²) in [5, 5.41) is 8.75. The Bertz CT molecular complexity index is 1170. The van der Waals surface area contributed by atoms with Crippen molar-refractivity contribution in [1.82, 2.24) is 14.8 Å². The van der Waals surface area contributed by atoms with Crippen LogP contribution in [0.4, 0.5) is 5.69 Å². The number of pyridine rings is 1. The van der Waals surface area contributed by atoms with Crippen LogP contribution in [0.25, 0.3) is 16.7 Å². The maximum absolute atomic E-state index is 12.7. The largest absolute Gasteiger partial charge is 0.496 e. The van der Waals surface area contributed by atoms with Crippen LogP contribution >= 0.6 is 11.6 Å². The van der Waals surface area contributed by atoms with Crippen LogP contribution in [0.1, 0.15) is 16.1 Å². The Morgan fingerprint density at radius 2 is 1.93 bits per heavy atom. The van der Waals surface area contributed by atoms with Crippen molar-refractivity contribution in [3.8, 4) is 11.4 Å². The minimum atomic E-state index is -0.325.